The Morgan fingerprint density at radius 1 is 1.29 bits per heavy atom. The third-order valence-corrected chi connectivity index (χ3v) is 2.83. The predicted octanol–water partition coefficient (Wildman–Crippen LogP) is 0.0439. The maximum atomic E-state index is 11.3. The van der Waals surface area contributed by atoms with Crippen molar-refractivity contribution in [2.24, 2.45) is 5.92 Å². The number of hydrogen-bond acceptors (Lipinski definition) is 3. The number of nitrogens with one attached hydrogen (secondary N) is 2. The van der Waals surface area contributed by atoms with E-state index in [1.54, 1.807) is 0 Å². The smallest absolute Gasteiger partial charge is 0.277 e. The number of hydrogen-bond donors (Lipinski definition) is 2. The van der Waals surface area contributed by atoms with Crippen molar-refractivity contribution in [1.29, 1.82) is 0 Å². The zero-order valence-corrected chi connectivity index (χ0v) is 9.81. The minimum atomic E-state index is -3.54. The van der Waals surface area contributed by atoms with E-state index in [4.69, 9.17) is 0 Å². The molecule has 0 saturated carbocycles. The molecule has 0 aromatic rings. The van der Waals surface area contributed by atoms with Crippen LogP contribution in [-0.4, -0.2) is 26.8 Å². The Bertz CT molecular complexity index is 285. The molecule has 1 atom stereocenters. The van der Waals surface area contributed by atoms with Gasteiger partial charge in [-0.25, -0.2) is 4.72 Å². The van der Waals surface area contributed by atoms with E-state index >= 15 is 0 Å². The molecule has 5 nitrogen and oxygen atoms in total. The summed E-state index contributed by atoms with van der Waals surface area (Å²) in [7, 11) is -3.54. The van der Waals surface area contributed by atoms with Crippen molar-refractivity contribution in [3.8, 4) is 0 Å². The van der Waals surface area contributed by atoms with Crippen LogP contribution in [0.5, 0.6) is 0 Å². The van der Waals surface area contributed by atoms with Gasteiger partial charge < -0.3 is 0 Å². The highest BCUT2D eigenvalue weighted by molar-refractivity contribution is 7.87. The van der Waals surface area contributed by atoms with E-state index in [0.717, 1.165) is 0 Å². The van der Waals surface area contributed by atoms with Gasteiger partial charge in [-0.1, -0.05) is 13.8 Å². The van der Waals surface area contributed by atoms with Crippen LogP contribution in [0.25, 0.3) is 0 Å². The summed E-state index contributed by atoms with van der Waals surface area (Å²) in [6.45, 7) is 7.01. The minimum Gasteiger partial charge on any atom is -0.298 e. The molecule has 0 radical (unpaired) electrons. The van der Waals surface area contributed by atoms with Crippen LogP contribution in [0, 0.1) is 5.92 Å². The van der Waals surface area contributed by atoms with Gasteiger partial charge >= 0.3 is 0 Å². The Morgan fingerprint density at radius 3 is 2.14 bits per heavy atom. The van der Waals surface area contributed by atoms with E-state index in [2.05, 4.69) is 9.44 Å². The van der Waals surface area contributed by atoms with Crippen molar-refractivity contribution < 1.29 is 13.2 Å². The van der Waals surface area contributed by atoms with Crippen molar-refractivity contribution in [2.75, 3.05) is 6.54 Å². The molecule has 0 aliphatic heterocycles. The van der Waals surface area contributed by atoms with Crippen LogP contribution in [0.15, 0.2) is 0 Å². The first-order chi connectivity index (χ1) is 6.24. The molecule has 2 N–H and O–H groups in total. The Kier molecular flexibility index (Phi) is 5.25. The highest BCUT2D eigenvalue weighted by Crippen LogP contribution is 1.91. The molecule has 0 rings (SSSR count). The first-order valence-corrected chi connectivity index (χ1v) is 6.00. The Balaban J connectivity index is 4.15. The van der Waals surface area contributed by atoms with Gasteiger partial charge in [0.05, 0.1) is 6.04 Å². The van der Waals surface area contributed by atoms with E-state index in [-0.39, 0.29) is 11.7 Å². The van der Waals surface area contributed by atoms with Crippen LogP contribution in [0.4, 0.5) is 0 Å². The van der Waals surface area contributed by atoms with Gasteiger partial charge in [0.1, 0.15) is 5.78 Å². The number of carbonyl (C=O) groups excluding carboxylic acids is 1. The highest BCUT2D eigenvalue weighted by atomic mass is 32.2. The van der Waals surface area contributed by atoms with Crippen molar-refractivity contribution in [3.63, 3.8) is 0 Å². The second-order valence-electron chi connectivity index (χ2n) is 3.70. The van der Waals surface area contributed by atoms with Gasteiger partial charge in [-0.2, -0.15) is 13.1 Å². The summed E-state index contributed by atoms with van der Waals surface area (Å²) in [6.07, 6.45) is 0. The minimum absolute atomic E-state index is 0.208. The lowest BCUT2D eigenvalue weighted by Gasteiger charge is -2.13. The largest absolute Gasteiger partial charge is 0.298 e. The third kappa shape index (κ3) is 6.06. The lowest BCUT2D eigenvalue weighted by molar-refractivity contribution is -0.118. The normalized spacial score (nSPS) is 14.4. The molecular weight excluding hydrogens is 204 g/mol. The molecule has 0 fully saturated rings. The molecule has 0 aromatic heterocycles. The van der Waals surface area contributed by atoms with E-state index < -0.39 is 16.3 Å². The fourth-order valence-corrected chi connectivity index (χ4v) is 1.90. The molecule has 0 amide bonds. The molecule has 0 aliphatic rings. The van der Waals surface area contributed by atoms with E-state index in [9.17, 15) is 13.2 Å². The molecule has 0 heterocycles. The number of Topliss-reactive ketones (excluding diaryl/α,β-unsaturated/α-hetero) is 1. The van der Waals surface area contributed by atoms with Crippen LogP contribution in [0.2, 0.25) is 0 Å². The molecule has 0 saturated heterocycles. The van der Waals surface area contributed by atoms with Crippen LogP contribution in [0.1, 0.15) is 27.7 Å². The molecule has 14 heavy (non-hydrogen) atoms. The monoisotopic (exact) mass is 222 g/mol. The second kappa shape index (κ2) is 5.43. The molecule has 0 spiro atoms. The zero-order chi connectivity index (χ0) is 11.4. The Labute approximate surface area is 85.5 Å². The first-order valence-electron chi connectivity index (χ1n) is 4.52. The van der Waals surface area contributed by atoms with Crippen molar-refractivity contribution >= 4 is 16.0 Å². The highest BCUT2D eigenvalue weighted by Gasteiger charge is 2.16. The summed E-state index contributed by atoms with van der Waals surface area (Å²) in [5.74, 6) is 0.0270. The topological polar surface area (TPSA) is 75.3 Å². The van der Waals surface area contributed by atoms with Crippen LogP contribution in [0.3, 0.4) is 0 Å². The fraction of sp³-hybridized carbons (Fsp3) is 0.875. The van der Waals surface area contributed by atoms with Crippen LogP contribution in [-0.2, 0) is 15.0 Å². The lowest BCUT2D eigenvalue weighted by Crippen LogP contribution is -2.45. The molecule has 0 bridgehead atoms. The van der Waals surface area contributed by atoms with Gasteiger partial charge in [-0.3, -0.25) is 4.79 Å². The maximum absolute atomic E-state index is 11.3. The predicted molar refractivity (Wildman–Crippen MR) is 55.0 cm³/mol. The van der Waals surface area contributed by atoms with Gasteiger partial charge in [-0.05, 0) is 19.8 Å². The van der Waals surface area contributed by atoms with Gasteiger partial charge in [0.15, 0.2) is 0 Å². The summed E-state index contributed by atoms with van der Waals surface area (Å²) in [6, 6.07) is -0.681. The summed E-state index contributed by atoms with van der Waals surface area (Å²) >= 11 is 0. The molecule has 0 aliphatic carbocycles. The first kappa shape index (κ1) is 13.5. The molecule has 1 unspecified atom stereocenters. The fourth-order valence-electron chi connectivity index (χ4n) is 0.634. The number of rotatable bonds is 6. The van der Waals surface area contributed by atoms with Gasteiger partial charge in [0.25, 0.3) is 10.2 Å². The second-order valence-corrected chi connectivity index (χ2v) is 5.23. The zero-order valence-electron chi connectivity index (χ0n) is 8.99. The van der Waals surface area contributed by atoms with Crippen molar-refractivity contribution in [1.82, 2.24) is 9.44 Å². The van der Waals surface area contributed by atoms with E-state index in [1.807, 2.05) is 13.8 Å². The summed E-state index contributed by atoms with van der Waals surface area (Å²) < 4.78 is 27.1. The Morgan fingerprint density at radius 2 is 1.79 bits per heavy atom. The van der Waals surface area contributed by atoms with Crippen LogP contribution >= 0.6 is 0 Å². The third-order valence-electron chi connectivity index (χ3n) is 1.62. The standard InChI is InChI=1S/C8H18N2O3S/c1-6(2)5-9-14(12,13)10-7(3)8(4)11/h6-7,9-10H,5H2,1-4H3. The van der Waals surface area contributed by atoms with Gasteiger partial charge in [0.2, 0.25) is 0 Å². The molecule has 84 valence electrons. The van der Waals surface area contributed by atoms with E-state index in [0.29, 0.717) is 6.54 Å². The van der Waals surface area contributed by atoms with Crippen molar-refractivity contribution in [2.45, 2.75) is 33.7 Å². The summed E-state index contributed by atoms with van der Waals surface area (Å²) in [5.41, 5.74) is 0. The SMILES string of the molecule is CC(=O)C(C)NS(=O)(=O)NCC(C)C. The molecule has 0 aromatic carbocycles. The van der Waals surface area contributed by atoms with Crippen LogP contribution < -0.4 is 9.44 Å². The number of carbonyl (C=O) groups is 1. The molecule has 6 heteroatoms. The van der Waals surface area contributed by atoms with Gasteiger partial charge in [0, 0.05) is 6.54 Å². The van der Waals surface area contributed by atoms with Crippen molar-refractivity contribution in [3.05, 3.63) is 0 Å². The number of ketones is 1. The Hall–Kier alpha value is -0.460. The maximum Gasteiger partial charge on any atom is 0.277 e. The molecular formula is C8H18N2O3S. The quantitative estimate of drug-likeness (QED) is 0.666. The lowest BCUT2D eigenvalue weighted by atomic mass is 10.2. The van der Waals surface area contributed by atoms with E-state index in [1.165, 1.54) is 13.8 Å². The summed E-state index contributed by atoms with van der Waals surface area (Å²) in [4.78, 5) is 10.8. The van der Waals surface area contributed by atoms with Gasteiger partial charge in [-0.15, -0.1) is 0 Å². The average Bonchev–Trinajstić information content (AvgIpc) is 2.00. The average molecular weight is 222 g/mol. The summed E-state index contributed by atoms with van der Waals surface area (Å²) in [5, 5.41) is 0.